The van der Waals surface area contributed by atoms with Gasteiger partial charge < -0.3 is 9.32 Å². The Morgan fingerprint density at radius 1 is 0.400 bits per heavy atom. The molecule has 0 N–H and O–H groups in total. The normalized spacial score (nSPS) is 14.5. The lowest BCUT2D eigenvalue weighted by Gasteiger charge is -2.40. The van der Waals surface area contributed by atoms with Crippen LogP contribution in [0.1, 0.15) is 47.2 Å². The standard InChI is InChI=1S/C62H41NOS/c1-61(2)53-35-40-18-4-3-17-39(40)34-49(53)60-59(61)48-32-30-42(37-56(48)64-60)63(55-28-13-9-23-47(55)44-24-15-19-38-16-5-6-20-43(38)44)41-31-33-58-54(36-41)62(52-27-12-14-29-57(52)65-58)50-25-10-7-21-45(50)46-22-8-11-26-51(46)62/h3-37H,1-2H3. The summed E-state index contributed by atoms with van der Waals surface area (Å²) >= 11 is 1.88. The van der Waals surface area contributed by atoms with Crippen LogP contribution < -0.4 is 4.90 Å². The van der Waals surface area contributed by atoms with E-state index in [1.165, 1.54) is 87.0 Å². The highest BCUT2D eigenvalue weighted by Gasteiger charge is 2.50. The van der Waals surface area contributed by atoms with Crippen molar-refractivity contribution in [2.45, 2.75) is 34.5 Å². The third kappa shape index (κ3) is 5.02. The molecule has 3 aliphatic rings. The molecule has 306 valence electrons. The molecule has 14 rings (SSSR count). The molecule has 0 amide bonds. The molecule has 1 aliphatic heterocycles. The van der Waals surface area contributed by atoms with Crippen molar-refractivity contribution < 1.29 is 4.42 Å². The fraction of sp³-hybridized carbons (Fsp3) is 0.0645. The van der Waals surface area contributed by atoms with Crippen LogP contribution in [0.15, 0.2) is 227 Å². The number of nitrogens with zero attached hydrogens (tertiary/aromatic N) is 1. The molecule has 0 atom stereocenters. The first-order valence-electron chi connectivity index (χ1n) is 22.6. The third-order valence-electron chi connectivity index (χ3n) is 14.7. The molecule has 0 saturated carbocycles. The number of furan rings is 1. The van der Waals surface area contributed by atoms with Crippen molar-refractivity contribution in [2.24, 2.45) is 0 Å². The summed E-state index contributed by atoms with van der Waals surface area (Å²) in [6.45, 7) is 4.70. The summed E-state index contributed by atoms with van der Waals surface area (Å²) in [6.07, 6.45) is 0. The topological polar surface area (TPSA) is 16.4 Å². The molecule has 1 spiro atoms. The van der Waals surface area contributed by atoms with Gasteiger partial charge in [-0.3, -0.25) is 0 Å². The van der Waals surface area contributed by atoms with Crippen LogP contribution in [0, 0.1) is 0 Å². The van der Waals surface area contributed by atoms with Crippen LogP contribution in [0.25, 0.3) is 66.1 Å². The predicted molar refractivity (Wildman–Crippen MR) is 270 cm³/mol. The number of hydrogen-bond acceptors (Lipinski definition) is 3. The van der Waals surface area contributed by atoms with Crippen LogP contribution in [0.3, 0.4) is 0 Å². The van der Waals surface area contributed by atoms with Crippen LogP contribution >= 0.6 is 11.8 Å². The average Bonchev–Trinajstić information content (AvgIpc) is 3.95. The first-order chi connectivity index (χ1) is 32.0. The van der Waals surface area contributed by atoms with Gasteiger partial charge in [0.25, 0.3) is 0 Å². The highest BCUT2D eigenvalue weighted by Crippen LogP contribution is 2.63. The van der Waals surface area contributed by atoms with Crippen molar-refractivity contribution >= 4 is 61.3 Å². The van der Waals surface area contributed by atoms with Gasteiger partial charge in [0.05, 0.1) is 11.1 Å². The first kappa shape index (κ1) is 36.8. The van der Waals surface area contributed by atoms with Crippen molar-refractivity contribution in [3.05, 3.63) is 246 Å². The summed E-state index contributed by atoms with van der Waals surface area (Å²) in [5.74, 6) is 0.982. The van der Waals surface area contributed by atoms with E-state index in [0.717, 1.165) is 39.4 Å². The van der Waals surface area contributed by atoms with Crippen LogP contribution in [0.5, 0.6) is 0 Å². The van der Waals surface area contributed by atoms with Crippen LogP contribution in [0.2, 0.25) is 0 Å². The lowest BCUT2D eigenvalue weighted by atomic mass is 9.67. The Morgan fingerprint density at radius 3 is 1.78 bits per heavy atom. The van der Waals surface area contributed by atoms with Gasteiger partial charge in [0, 0.05) is 54.7 Å². The van der Waals surface area contributed by atoms with E-state index >= 15 is 0 Å². The fourth-order valence-corrected chi connectivity index (χ4v) is 13.1. The number of para-hydroxylation sites is 1. The first-order valence-corrected chi connectivity index (χ1v) is 23.4. The summed E-state index contributed by atoms with van der Waals surface area (Å²) in [5.41, 5.74) is 17.4. The van der Waals surface area contributed by atoms with Gasteiger partial charge in [-0.1, -0.05) is 177 Å². The van der Waals surface area contributed by atoms with Crippen molar-refractivity contribution in [2.75, 3.05) is 4.90 Å². The zero-order valence-electron chi connectivity index (χ0n) is 36.0. The van der Waals surface area contributed by atoms with Gasteiger partial charge in [0.1, 0.15) is 11.3 Å². The number of benzene rings is 10. The summed E-state index contributed by atoms with van der Waals surface area (Å²) in [6, 6.07) is 78.9. The highest BCUT2D eigenvalue weighted by molar-refractivity contribution is 7.99. The van der Waals surface area contributed by atoms with Gasteiger partial charge >= 0.3 is 0 Å². The van der Waals surface area contributed by atoms with Crippen molar-refractivity contribution in [3.63, 3.8) is 0 Å². The van der Waals surface area contributed by atoms with E-state index in [9.17, 15) is 0 Å². The monoisotopic (exact) mass is 847 g/mol. The van der Waals surface area contributed by atoms with Gasteiger partial charge in [-0.2, -0.15) is 0 Å². The zero-order chi connectivity index (χ0) is 43.0. The van der Waals surface area contributed by atoms with Gasteiger partial charge in [0.15, 0.2) is 0 Å². The molecule has 10 aromatic carbocycles. The highest BCUT2D eigenvalue weighted by atomic mass is 32.2. The molecule has 2 heterocycles. The largest absolute Gasteiger partial charge is 0.456 e. The van der Waals surface area contributed by atoms with Gasteiger partial charge in [0.2, 0.25) is 0 Å². The molecular weight excluding hydrogens is 807 g/mol. The van der Waals surface area contributed by atoms with E-state index in [2.05, 4.69) is 231 Å². The molecule has 0 fully saturated rings. The lowest BCUT2D eigenvalue weighted by molar-refractivity contribution is 0.619. The third-order valence-corrected chi connectivity index (χ3v) is 15.8. The minimum Gasteiger partial charge on any atom is -0.456 e. The Kier molecular flexibility index (Phi) is 7.63. The summed E-state index contributed by atoms with van der Waals surface area (Å²) in [5, 5.41) is 6.09. The second-order valence-electron chi connectivity index (χ2n) is 18.4. The average molecular weight is 848 g/mol. The molecule has 0 bridgehead atoms. The Hall–Kier alpha value is -7.59. The quantitative estimate of drug-likeness (QED) is 0.176. The van der Waals surface area contributed by atoms with Crippen LogP contribution in [-0.2, 0) is 10.8 Å². The smallest absolute Gasteiger partial charge is 0.139 e. The summed E-state index contributed by atoms with van der Waals surface area (Å²) in [4.78, 5) is 5.04. The van der Waals surface area contributed by atoms with E-state index < -0.39 is 5.41 Å². The van der Waals surface area contributed by atoms with Gasteiger partial charge in [-0.15, -0.1) is 0 Å². The van der Waals surface area contributed by atoms with Crippen LogP contribution in [0.4, 0.5) is 17.1 Å². The molecular formula is C62H41NOS. The molecule has 2 nitrogen and oxygen atoms in total. The van der Waals surface area contributed by atoms with Crippen molar-refractivity contribution in [1.29, 1.82) is 0 Å². The Labute approximate surface area is 382 Å². The molecule has 3 heteroatoms. The Morgan fingerprint density at radius 2 is 0.985 bits per heavy atom. The van der Waals surface area contributed by atoms with Gasteiger partial charge in [-0.05, 0) is 121 Å². The van der Waals surface area contributed by atoms with E-state index in [-0.39, 0.29) is 5.41 Å². The number of rotatable bonds is 4. The molecule has 11 aromatic rings. The second-order valence-corrected chi connectivity index (χ2v) is 19.4. The lowest BCUT2D eigenvalue weighted by Crippen LogP contribution is -2.32. The van der Waals surface area contributed by atoms with Gasteiger partial charge in [-0.25, -0.2) is 0 Å². The summed E-state index contributed by atoms with van der Waals surface area (Å²) in [7, 11) is 0. The van der Waals surface area contributed by atoms with Crippen LogP contribution in [-0.4, -0.2) is 0 Å². The minimum atomic E-state index is -0.504. The molecule has 65 heavy (non-hydrogen) atoms. The predicted octanol–water partition coefficient (Wildman–Crippen LogP) is 17.0. The zero-order valence-corrected chi connectivity index (χ0v) is 36.8. The number of anilines is 3. The Balaban J connectivity index is 1.03. The molecule has 0 radical (unpaired) electrons. The van der Waals surface area contributed by atoms with E-state index in [4.69, 9.17) is 4.42 Å². The van der Waals surface area contributed by atoms with E-state index in [1.807, 2.05) is 11.8 Å². The number of fused-ring (bicyclic) bond motifs is 16. The number of hydrogen-bond donors (Lipinski definition) is 0. The molecule has 0 unspecified atom stereocenters. The second kappa shape index (κ2) is 13.5. The molecule has 2 aliphatic carbocycles. The maximum atomic E-state index is 7.11. The fourth-order valence-electron chi connectivity index (χ4n) is 11.9. The molecule has 1 aromatic heterocycles. The Bertz CT molecular complexity index is 3760. The van der Waals surface area contributed by atoms with E-state index in [1.54, 1.807) is 0 Å². The van der Waals surface area contributed by atoms with E-state index in [0.29, 0.717) is 0 Å². The van der Waals surface area contributed by atoms with Crippen molar-refractivity contribution in [1.82, 2.24) is 0 Å². The minimum absolute atomic E-state index is 0.225. The summed E-state index contributed by atoms with van der Waals surface area (Å²) < 4.78 is 7.11. The maximum absolute atomic E-state index is 7.11. The SMILES string of the molecule is CC1(C)c2cc3ccccc3cc2-c2oc3cc(N(c4ccc5c(c4)C4(c6ccccc6S5)c5ccccc5-c5ccccc54)c4ccccc4-c4cccc5ccccc45)ccc3c21. The van der Waals surface area contributed by atoms with Crippen molar-refractivity contribution in [3.8, 4) is 33.6 Å². The molecule has 0 saturated heterocycles. The maximum Gasteiger partial charge on any atom is 0.139 e.